The van der Waals surface area contributed by atoms with Crippen LogP contribution in [0.15, 0.2) is 18.2 Å². The van der Waals surface area contributed by atoms with Gasteiger partial charge in [0.2, 0.25) is 0 Å². The highest BCUT2D eigenvalue weighted by Crippen LogP contribution is 2.20. The van der Waals surface area contributed by atoms with Gasteiger partial charge in [-0.2, -0.15) is 0 Å². The number of aromatic nitrogens is 1. The zero-order valence-corrected chi connectivity index (χ0v) is 7.90. The fourth-order valence-electron chi connectivity index (χ4n) is 1.30. The molecule has 1 N–H and O–H groups in total. The number of rotatable bonds is 1. The standard InChI is InChI=1S/C9H12N2.ClH/c1-7-3-2-4-9(11-7)8-5-6-10-8;/h2-4,8,10H,5-6H2,1H3;1H/t8-;/m0./s1. The van der Waals surface area contributed by atoms with Crippen molar-refractivity contribution in [3.63, 3.8) is 0 Å². The van der Waals surface area contributed by atoms with Crippen molar-refractivity contribution in [2.75, 3.05) is 6.54 Å². The van der Waals surface area contributed by atoms with Crippen LogP contribution in [0.1, 0.15) is 23.9 Å². The lowest BCUT2D eigenvalue weighted by Gasteiger charge is -2.27. The number of hydrogen-bond acceptors (Lipinski definition) is 2. The van der Waals surface area contributed by atoms with Gasteiger partial charge in [0.05, 0.1) is 11.7 Å². The van der Waals surface area contributed by atoms with E-state index in [9.17, 15) is 0 Å². The molecule has 1 aliphatic heterocycles. The molecule has 0 aliphatic carbocycles. The van der Waals surface area contributed by atoms with Crippen molar-refractivity contribution < 1.29 is 0 Å². The van der Waals surface area contributed by atoms with Crippen LogP contribution in [0.4, 0.5) is 0 Å². The Hall–Kier alpha value is -0.600. The lowest BCUT2D eigenvalue weighted by molar-refractivity contribution is 0.375. The summed E-state index contributed by atoms with van der Waals surface area (Å²) in [5.74, 6) is 0. The van der Waals surface area contributed by atoms with E-state index in [2.05, 4.69) is 22.4 Å². The molecule has 1 aromatic heterocycles. The predicted molar refractivity (Wildman–Crippen MR) is 51.6 cm³/mol. The van der Waals surface area contributed by atoms with E-state index >= 15 is 0 Å². The molecule has 0 aromatic carbocycles. The molecule has 0 radical (unpaired) electrons. The number of hydrogen-bond donors (Lipinski definition) is 1. The average Bonchev–Trinajstić information content (AvgIpc) is 1.83. The second-order valence-corrected chi connectivity index (χ2v) is 3.00. The summed E-state index contributed by atoms with van der Waals surface area (Å²) in [4.78, 5) is 4.43. The molecular weight excluding hydrogens is 172 g/mol. The second-order valence-electron chi connectivity index (χ2n) is 3.00. The Bertz CT molecular complexity index is 258. The fourth-order valence-corrected chi connectivity index (χ4v) is 1.30. The van der Waals surface area contributed by atoms with Gasteiger partial charge in [0.1, 0.15) is 0 Å². The Kier molecular flexibility index (Phi) is 3.06. The first-order valence-corrected chi connectivity index (χ1v) is 4.03. The minimum Gasteiger partial charge on any atom is -0.309 e. The van der Waals surface area contributed by atoms with Gasteiger partial charge >= 0.3 is 0 Å². The van der Waals surface area contributed by atoms with Gasteiger partial charge in [0, 0.05) is 5.69 Å². The molecule has 0 unspecified atom stereocenters. The lowest BCUT2D eigenvalue weighted by atomic mass is 10.0. The molecule has 1 saturated heterocycles. The van der Waals surface area contributed by atoms with E-state index in [0.717, 1.165) is 12.2 Å². The van der Waals surface area contributed by atoms with Gasteiger partial charge < -0.3 is 5.32 Å². The third kappa shape index (κ3) is 1.76. The Balaban J connectivity index is 0.000000720. The van der Waals surface area contributed by atoms with Gasteiger partial charge in [-0.1, -0.05) is 6.07 Å². The molecular formula is C9H13ClN2. The molecule has 12 heavy (non-hydrogen) atoms. The summed E-state index contributed by atoms with van der Waals surface area (Å²) >= 11 is 0. The van der Waals surface area contributed by atoms with Crippen molar-refractivity contribution >= 4 is 12.4 Å². The van der Waals surface area contributed by atoms with Crippen molar-refractivity contribution in [2.24, 2.45) is 0 Å². The monoisotopic (exact) mass is 184 g/mol. The van der Waals surface area contributed by atoms with Crippen molar-refractivity contribution in [3.8, 4) is 0 Å². The molecule has 0 amide bonds. The highest BCUT2D eigenvalue weighted by molar-refractivity contribution is 5.85. The highest BCUT2D eigenvalue weighted by atomic mass is 35.5. The van der Waals surface area contributed by atoms with E-state index in [1.165, 1.54) is 12.1 Å². The van der Waals surface area contributed by atoms with Crippen LogP contribution in [0.3, 0.4) is 0 Å². The fraction of sp³-hybridized carbons (Fsp3) is 0.444. The molecule has 1 fully saturated rings. The molecule has 2 heterocycles. The Morgan fingerprint density at radius 3 is 2.75 bits per heavy atom. The van der Waals surface area contributed by atoms with E-state index in [0.29, 0.717) is 6.04 Å². The van der Waals surface area contributed by atoms with Crippen LogP contribution in [0.2, 0.25) is 0 Å². The summed E-state index contributed by atoms with van der Waals surface area (Å²) in [6.07, 6.45) is 1.23. The van der Waals surface area contributed by atoms with Gasteiger partial charge in [-0.15, -0.1) is 12.4 Å². The predicted octanol–water partition coefficient (Wildman–Crippen LogP) is 1.85. The van der Waals surface area contributed by atoms with E-state index in [1.54, 1.807) is 0 Å². The number of nitrogens with one attached hydrogen (secondary N) is 1. The van der Waals surface area contributed by atoms with E-state index < -0.39 is 0 Å². The van der Waals surface area contributed by atoms with Crippen LogP contribution < -0.4 is 5.32 Å². The quantitative estimate of drug-likeness (QED) is 0.721. The Morgan fingerprint density at radius 2 is 2.25 bits per heavy atom. The topological polar surface area (TPSA) is 24.9 Å². The summed E-state index contributed by atoms with van der Waals surface area (Å²) in [7, 11) is 0. The lowest BCUT2D eigenvalue weighted by Crippen LogP contribution is -2.35. The van der Waals surface area contributed by atoms with Crippen LogP contribution >= 0.6 is 12.4 Å². The number of nitrogens with zero attached hydrogens (tertiary/aromatic N) is 1. The van der Waals surface area contributed by atoms with Crippen molar-refractivity contribution in [1.29, 1.82) is 0 Å². The smallest absolute Gasteiger partial charge is 0.0576 e. The Labute approximate surface area is 78.8 Å². The molecule has 1 atom stereocenters. The van der Waals surface area contributed by atoms with Crippen molar-refractivity contribution in [3.05, 3.63) is 29.6 Å². The Morgan fingerprint density at radius 1 is 1.50 bits per heavy atom. The van der Waals surface area contributed by atoms with E-state index in [4.69, 9.17) is 0 Å². The number of pyridine rings is 1. The largest absolute Gasteiger partial charge is 0.309 e. The molecule has 2 rings (SSSR count). The van der Waals surface area contributed by atoms with E-state index in [1.807, 2.05) is 13.0 Å². The number of aryl methyl sites for hydroxylation is 1. The zero-order chi connectivity index (χ0) is 7.68. The van der Waals surface area contributed by atoms with Crippen LogP contribution in [-0.4, -0.2) is 11.5 Å². The molecule has 0 saturated carbocycles. The maximum absolute atomic E-state index is 4.43. The van der Waals surface area contributed by atoms with Gasteiger partial charge in [-0.25, -0.2) is 0 Å². The van der Waals surface area contributed by atoms with Crippen LogP contribution in [0.5, 0.6) is 0 Å². The molecule has 1 aliphatic rings. The number of halogens is 1. The van der Waals surface area contributed by atoms with Gasteiger partial charge in [0.25, 0.3) is 0 Å². The molecule has 0 bridgehead atoms. The maximum atomic E-state index is 4.43. The summed E-state index contributed by atoms with van der Waals surface area (Å²) in [6, 6.07) is 6.71. The van der Waals surface area contributed by atoms with Crippen molar-refractivity contribution in [2.45, 2.75) is 19.4 Å². The van der Waals surface area contributed by atoms with Gasteiger partial charge in [-0.05, 0) is 32.0 Å². The van der Waals surface area contributed by atoms with Crippen molar-refractivity contribution in [1.82, 2.24) is 10.3 Å². The summed E-state index contributed by atoms with van der Waals surface area (Å²) in [5, 5.41) is 3.33. The van der Waals surface area contributed by atoms with Crippen LogP contribution in [0.25, 0.3) is 0 Å². The normalized spacial score (nSPS) is 20.9. The third-order valence-corrected chi connectivity index (χ3v) is 2.09. The first-order chi connectivity index (χ1) is 5.36. The van der Waals surface area contributed by atoms with Gasteiger partial charge in [0.15, 0.2) is 0 Å². The summed E-state index contributed by atoms with van der Waals surface area (Å²) in [6.45, 7) is 3.17. The molecule has 1 aromatic rings. The molecule has 3 heteroatoms. The second kappa shape index (κ2) is 3.87. The van der Waals surface area contributed by atoms with Crippen LogP contribution in [-0.2, 0) is 0 Å². The minimum absolute atomic E-state index is 0. The third-order valence-electron chi connectivity index (χ3n) is 2.09. The summed E-state index contributed by atoms with van der Waals surface area (Å²) in [5.41, 5.74) is 2.30. The maximum Gasteiger partial charge on any atom is 0.0576 e. The highest BCUT2D eigenvalue weighted by Gasteiger charge is 2.18. The van der Waals surface area contributed by atoms with Crippen LogP contribution in [0, 0.1) is 6.92 Å². The van der Waals surface area contributed by atoms with E-state index in [-0.39, 0.29) is 12.4 Å². The zero-order valence-electron chi connectivity index (χ0n) is 7.08. The molecule has 66 valence electrons. The minimum atomic E-state index is 0. The average molecular weight is 185 g/mol. The first kappa shape index (κ1) is 9.49. The SMILES string of the molecule is Cc1cccc([C@@H]2CCN2)n1.Cl. The first-order valence-electron chi connectivity index (χ1n) is 4.03. The summed E-state index contributed by atoms with van der Waals surface area (Å²) < 4.78 is 0. The molecule has 0 spiro atoms. The van der Waals surface area contributed by atoms with Gasteiger partial charge in [-0.3, -0.25) is 4.98 Å². The molecule has 2 nitrogen and oxygen atoms in total.